The smallest absolute Gasteiger partial charge is 0.191 e. The minimum atomic E-state index is -0.226. The maximum Gasteiger partial charge on any atom is 0.191 e. The molecule has 0 unspecified atom stereocenters. The summed E-state index contributed by atoms with van der Waals surface area (Å²) in [5.74, 6) is 0.436. The molecule has 1 aromatic heterocycles. The minimum Gasteiger partial charge on any atom is -0.375 e. The van der Waals surface area contributed by atoms with Crippen LogP contribution in [0, 0.1) is 12.7 Å². The standard InChI is InChI=1S/C16H22FN5S.HI/c1-11-8-19-15(23-11)10-21-16(18-2)20-9-12-5-6-14(22(3)4)13(17)7-12;/h5-8H,9-10H2,1-4H3,(H2,18,20,21);1H. The van der Waals surface area contributed by atoms with Gasteiger partial charge in [-0.2, -0.15) is 0 Å². The van der Waals surface area contributed by atoms with Crippen LogP contribution < -0.4 is 15.5 Å². The molecule has 0 radical (unpaired) electrons. The molecule has 0 atom stereocenters. The predicted molar refractivity (Wildman–Crippen MR) is 110 cm³/mol. The molecule has 0 bridgehead atoms. The van der Waals surface area contributed by atoms with Crippen LogP contribution in [0.4, 0.5) is 10.1 Å². The third-order valence-electron chi connectivity index (χ3n) is 3.25. The molecule has 2 rings (SSSR count). The number of benzene rings is 1. The van der Waals surface area contributed by atoms with Crippen molar-refractivity contribution in [2.45, 2.75) is 20.0 Å². The maximum absolute atomic E-state index is 14.0. The lowest BCUT2D eigenvalue weighted by Crippen LogP contribution is -2.36. The number of anilines is 1. The first kappa shape index (κ1) is 20.6. The highest BCUT2D eigenvalue weighted by Crippen LogP contribution is 2.18. The molecule has 132 valence electrons. The second-order valence-corrected chi connectivity index (χ2v) is 6.64. The van der Waals surface area contributed by atoms with Crippen LogP contribution in [-0.2, 0) is 13.1 Å². The minimum absolute atomic E-state index is 0. The molecule has 0 fully saturated rings. The molecule has 0 amide bonds. The molecule has 8 heteroatoms. The van der Waals surface area contributed by atoms with E-state index in [-0.39, 0.29) is 29.8 Å². The van der Waals surface area contributed by atoms with Gasteiger partial charge in [0, 0.05) is 38.8 Å². The van der Waals surface area contributed by atoms with Gasteiger partial charge in [0.2, 0.25) is 0 Å². The van der Waals surface area contributed by atoms with Crippen molar-refractivity contribution >= 4 is 47.0 Å². The van der Waals surface area contributed by atoms with Crippen molar-refractivity contribution in [2.24, 2.45) is 4.99 Å². The van der Waals surface area contributed by atoms with E-state index in [9.17, 15) is 4.39 Å². The van der Waals surface area contributed by atoms with Crippen LogP contribution in [0.2, 0.25) is 0 Å². The number of nitrogens with zero attached hydrogens (tertiary/aromatic N) is 3. The molecule has 1 aromatic carbocycles. The van der Waals surface area contributed by atoms with Crippen molar-refractivity contribution in [3.8, 4) is 0 Å². The highest BCUT2D eigenvalue weighted by Gasteiger charge is 2.06. The number of halogens is 2. The van der Waals surface area contributed by atoms with Gasteiger partial charge in [0.05, 0.1) is 12.2 Å². The number of aliphatic imine (C=N–C) groups is 1. The van der Waals surface area contributed by atoms with Crippen molar-refractivity contribution < 1.29 is 4.39 Å². The fourth-order valence-electron chi connectivity index (χ4n) is 2.07. The monoisotopic (exact) mass is 463 g/mol. The fraction of sp³-hybridized carbons (Fsp3) is 0.375. The lowest BCUT2D eigenvalue weighted by atomic mass is 10.2. The molecular formula is C16H23FIN5S. The van der Waals surface area contributed by atoms with Crippen LogP contribution in [0.25, 0.3) is 0 Å². The lowest BCUT2D eigenvalue weighted by molar-refractivity contribution is 0.623. The van der Waals surface area contributed by atoms with Crippen LogP contribution in [0.1, 0.15) is 15.4 Å². The zero-order valence-electron chi connectivity index (χ0n) is 14.3. The molecular weight excluding hydrogens is 440 g/mol. The van der Waals surface area contributed by atoms with Gasteiger partial charge in [-0.25, -0.2) is 9.37 Å². The van der Waals surface area contributed by atoms with E-state index in [1.54, 1.807) is 35.4 Å². The van der Waals surface area contributed by atoms with Crippen molar-refractivity contribution in [3.63, 3.8) is 0 Å². The number of aryl methyl sites for hydroxylation is 1. The van der Waals surface area contributed by atoms with E-state index in [4.69, 9.17) is 0 Å². The number of guanidine groups is 1. The Bertz CT molecular complexity index is 687. The number of thiazole rings is 1. The van der Waals surface area contributed by atoms with Crippen LogP contribution in [0.15, 0.2) is 29.4 Å². The van der Waals surface area contributed by atoms with E-state index in [1.165, 1.54) is 4.88 Å². The van der Waals surface area contributed by atoms with Crippen molar-refractivity contribution in [2.75, 3.05) is 26.0 Å². The number of nitrogens with one attached hydrogen (secondary N) is 2. The first-order chi connectivity index (χ1) is 11.0. The Morgan fingerprint density at radius 1 is 1.29 bits per heavy atom. The Balaban J connectivity index is 0.00000288. The average molecular weight is 463 g/mol. The third-order valence-corrected chi connectivity index (χ3v) is 4.17. The summed E-state index contributed by atoms with van der Waals surface area (Å²) in [6.45, 7) is 3.15. The number of hydrogen-bond acceptors (Lipinski definition) is 4. The van der Waals surface area contributed by atoms with E-state index in [2.05, 4.69) is 20.6 Å². The highest BCUT2D eigenvalue weighted by molar-refractivity contribution is 14.0. The number of hydrogen-bond donors (Lipinski definition) is 2. The Labute approximate surface area is 163 Å². The Morgan fingerprint density at radius 2 is 2.00 bits per heavy atom. The van der Waals surface area contributed by atoms with Gasteiger partial charge in [-0.1, -0.05) is 6.07 Å². The van der Waals surface area contributed by atoms with Gasteiger partial charge in [0.25, 0.3) is 0 Å². The number of aromatic nitrogens is 1. The van der Waals surface area contributed by atoms with Crippen LogP contribution >= 0.6 is 35.3 Å². The van der Waals surface area contributed by atoms with Gasteiger partial charge in [0.15, 0.2) is 5.96 Å². The summed E-state index contributed by atoms with van der Waals surface area (Å²) < 4.78 is 14.0. The van der Waals surface area contributed by atoms with Crippen LogP contribution in [-0.4, -0.2) is 32.1 Å². The quantitative estimate of drug-likeness (QED) is 0.407. The second kappa shape index (κ2) is 9.77. The van der Waals surface area contributed by atoms with Crippen LogP contribution in [0.5, 0.6) is 0 Å². The molecule has 2 aromatic rings. The fourth-order valence-corrected chi connectivity index (χ4v) is 2.80. The highest BCUT2D eigenvalue weighted by atomic mass is 127. The third kappa shape index (κ3) is 5.90. The Kier molecular flexibility index (Phi) is 8.40. The first-order valence-corrected chi connectivity index (χ1v) is 8.13. The van der Waals surface area contributed by atoms with Crippen molar-refractivity contribution in [1.82, 2.24) is 15.6 Å². The van der Waals surface area contributed by atoms with Crippen LogP contribution in [0.3, 0.4) is 0 Å². The lowest BCUT2D eigenvalue weighted by Gasteiger charge is -2.15. The largest absolute Gasteiger partial charge is 0.375 e. The van der Waals surface area contributed by atoms with Crippen molar-refractivity contribution in [3.05, 3.63) is 45.7 Å². The topological polar surface area (TPSA) is 52.6 Å². The summed E-state index contributed by atoms with van der Waals surface area (Å²) in [6, 6.07) is 5.23. The van der Waals surface area contributed by atoms with Gasteiger partial charge in [0.1, 0.15) is 10.8 Å². The molecule has 0 aliphatic rings. The molecule has 24 heavy (non-hydrogen) atoms. The summed E-state index contributed by atoms with van der Waals surface area (Å²) in [7, 11) is 5.35. The van der Waals surface area contributed by atoms with Crippen molar-refractivity contribution in [1.29, 1.82) is 0 Å². The maximum atomic E-state index is 14.0. The second-order valence-electron chi connectivity index (χ2n) is 5.32. The summed E-state index contributed by atoms with van der Waals surface area (Å²) >= 11 is 1.65. The first-order valence-electron chi connectivity index (χ1n) is 7.31. The molecule has 0 aliphatic carbocycles. The molecule has 5 nitrogen and oxygen atoms in total. The Morgan fingerprint density at radius 3 is 2.54 bits per heavy atom. The summed E-state index contributed by atoms with van der Waals surface area (Å²) in [5.41, 5.74) is 1.44. The van der Waals surface area contributed by atoms with E-state index in [0.29, 0.717) is 24.7 Å². The molecule has 0 saturated heterocycles. The Hall–Kier alpha value is -1.42. The van der Waals surface area contributed by atoms with E-state index in [1.807, 2.05) is 33.3 Å². The summed E-state index contributed by atoms with van der Waals surface area (Å²) in [4.78, 5) is 11.4. The molecule has 1 heterocycles. The van der Waals surface area contributed by atoms with Gasteiger partial charge in [-0.15, -0.1) is 35.3 Å². The van der Waals surface area contributed by atoms with E-state index >= 15 is 0 Å². The molecule has 0 spiro atoms. The average Bonchev–Trinajstić information content (AvgIpc) is 2.92. The van der Waals surface area contributed by atoms with Gasteiger partial charge in [-0.3, -0.25) is 4.99 Å². The van der Waals surface area contributed by atoms with Gasteiger partial charge in [-0.05, 0) is 24.6 Å². The zero-order valence-corrected chi connectivity index (χ0v) is 17.4. The molecule has 2 N–H and O–H groups in total. The predicted octanol–water partition coefficient (Wildman–Crippen LogP) is 3.14. The van der Waals surface area contributed by atoms with Gasteiger partial charge < -0.3 is 15.5 Å². The van der Waals surface area contributed by atoms with Gasteiger partial charge >= 0.3 is 0 Å². The number of rotatable bonds is 5. The zero-order chi connectivity index (χ0) is 16.8. The van der Waals surface area contributed by atoms with E-state index in [0.717, 1.165) is 10.6 Å². The summed E-state index contributed by atoms with van der Waals surface area (Å²) in [5, 5.41) is 7.38. The molecule has 0 aliphatic heterocycles. The van der Waals surface area contributed by atoms with E-state index < -0.39 is 0 Å². The normalized spacial score (nSPS) is 11.0. The SMILES string of the molecule is CN=C(NCc1ccc(N(C)C)c(F)c1)NCc1ncc(C)s1.I. The molecule has 0 saturated carbocycles. The summed E-state index contributed by atoms with van der Waals surface area (Å²) in [6.07, 6.45) is 1.85.